The van der Waals surface area contributed by atoms with Crippen molar-refractivity contribution in [2.45, 2.75) is 57.8 Å². The number of amides is 1. The third-order valence-electron chi connectivity index (χ3n) is 4.85. The average molecular weight is 449 g/mol. The van der Waals surface area contributed by atoms with E-state index in [9.17, 15) is 28.1 Å². The predicted molar refractivity (Wildman–Crippen MR) is 100 cm³/mol. The number of hydrogen-bond acceptors (Lipinski definition) is 5. The number of aryl methyl sites for hydroxylation is 2. The molecule has 1 amide bonds. The van der Waals surface area contributed by atoms with Gasteiger partial charge in [0.05, 0.1) is 27.6 Å². The van der Waals surface area contributed by atoms with Gasteiger partial charge in [0.1, 0.15) is 6.04 Å². The Morgan fingerprint density at radius 3 is 2.63 bits per heavy atom. The van der Waals surface area contributed by atoms with Crippen LogP contribution >= 0.6 is 11.6 Å². The molecule has 2 heterocycles. The van der Waals surface area contributed by atoms with E-state index in [2.05, 4.69) is 15.5 Å². The van der Waals surface area contributed by atoms with E-state index in [1.54, 1.807) is 13.8 Å². The summed E-state index contributed by atoms with van der Waals surface area (Å²) < 4.78 is 41.8. The van der Waals surface area contributed by atoms with Gasteiger partial charge in [-0.15, -0.1) is 0 Å². The van der Waals surface area contributed by atoms with E-state index in [1.165, 1.54) is 15.4 Å². The maximum absolute atomic E-state index is 13.1. The van der Waals surface area contributed by atoms with Gasteiger partial charge in [0.25, 0.3) is 0 Å². The van der Waals surface area contributed by atoms with Gasteiger partial charge in [-0.3, -0.25) is 9.48 Å². The Balaban J connectivity index is 1.59. The highest BCUT2D eigenvalue weighted by atomic mass is 35.5. The molecule has 2 aromatic rings. The Kier molecular flexibility index (Phi) is 6.06. The van der Waals surface area contributed by atoms with Crippen molar-refractivity contribution in [2.24, 2.45) is 0 Å². The van der Waals surface area contributed by atoms with Gasteiger partial charge in [0, 0.05) is 19.0 Å². The van der Waals surface area contributed by atoms with E-state index in [1.807, 2.05) is 0 Å². The molecule has 3 rings (SSSR count). The fourth-order valence-corrected chi connectivity index (χ4v) is 3.60. The number of rotatable bonds is 8. The molecule has 164 valence electrons. The minimum atomic E-state index is -4.63. The largest absolute Gasteiger partial charge is 0.436 e. The standard InChI is InChI=1S/C17H20ClF3N6O3/c1-9-8-12(27(29)30)23-26(9)10(2)16(28)22-6-3-7-25-14(11-4-5-11)13(18)15(24-25)17(19,20)21/h8,10-11H,3-7H2,1-2H3,(H,22,28). The molecule has 1 unspecified atom stereocenters. The Labute approximate surface area is 174 Å². The van der Waals surface area contributed by atoms with Gasteiger partial charge in [0.15, 0.2) is 5.69 Å². The maximum atomic E-state index is 13.1. The van der Waals surface area contributed by atoms with Crippen molar-refractivity contribution in [3.63, 3.8) is 0 Å². The van der Waals surface area contributed by atoms with Crippen molar-refractivity contribution >= 4 is 23.3 Å². The molecule has 1 aliphatic rings. The van der Waals surface area contributed by atoms with Crippen LogP contribution in [0.1, 0.15) is 55.2 Å². The molecule has 0 radical (unpaired) electrons. The first-order valence-corrected chi connectivity index (χ1v) is 9.70. The Hall–Kier alpha value is -2.63. The molecule has 2 aromatic heterocycles. The van der Waals surface area contributed by atoms with Crippen LogP contribution in [-0.4, -0.2) is 36.9 Å². The third kappa shape index (κ3) is 4.58. The zero-order chi connectivity index (χ0) is 22.2. The van der Waals surface area contributed by atoms with Crippen LogP contribution < -0.4 is 5.32 Å². The number of hydrogen-bond donors (Lipinski definition) is 1. The van der Waals surface area contributed by atoms with E-state index in [4.69, 9.17) is 11.6 Å². The van der Waals surface area contributed by atoms with E-state index < -0.39 is 28.7 Å². The quantitative estimate of drug-likeness (QED) is 0.377. The van der Waals surface area contributed by atoms with E-state index >= 15 is 0 Å². The Morgan fingerprint density at radius 1 is 1.43 bits per heavy atom. The highest BCUT2D eigenvalue weighted by Crippen LogP contribution is 2.46. The van der Waals surface area contributed by atoms with E-state index in [-0.39, 0.29) is 29.8 Å². The number of nitro groups is 1. The summed E-state index contributed by atoms with van der Waals surface area (Å²) >= 11 is 5.93. The van der Waals surface area contributed by atoms with Gasteiger partial charge < -0.3 is 15.4 Å². The van der Waals surface area contributed by atoms with Gasteiger partial charge in [-0.2, -0.15) is 23.0 Å². The topological polar surface area (TPSA) is 108 Å². The van der Waals surface area contributed by atoms with Crippen LogP contribution in [-0.2, 0) is 17.5 Å². The van der Waals surface area contributed by atoms with Crippen molar-refractivity contribution in [1.82, 2.24) is 24.9 Å². The van der Waals surface area contributed by atoms with Crippen molar-refractivity contribution in [3.05, 3.63) is 38.3 Å². The van der Waals surface area contributed by atoms with Gasteiger partial charge in [0.2, 0.25) is 5.91 Å². The molecule has 9 nitrogen and oxygen atoms in total. The van der Waals surface area contributed by atoms with E-state index in [0.29, 0.717) is 17.8 Å². The van der Waals surface area contributed by atoms with E-state index in [0.717, 1.165) is 12.8 Å². The molecule has 0 saturated heterocycles. The number of aromatic nitrogens is 4. The van der Waals surface area contributed by atoms with Crippen LogP contribution in [0, 0.1) is 17.0 Å². The molecule has 1 saturated carbocycles. The second-order valence-electron chi connectivity index (χ2n) is 7.21. The number of nitrogens with one attached hydrogen (secondary N) is 1. The normalized spacial score (nSPS) is 15.3. The maximum Gasteiger partial charge on any atom is 0.436 e. The van der Waals surface area contributed by atoms with Crippen LogP contribution in [0.5, 0.6) is 0 Å². The second kappa shape index (κ2) is 8.25. The molecule has 0 bridgehead atoms. The summed E-state index contributed by atoms with van der Waals surface area (Å²) in [7, 11) is 0. The first-order chi connectivity index (χ1) is 14.0. The summed E-state index contributed by atoms with van der Waals surface area (Å²) in [5.41, 5.74) is -0.230. The molecule has 0 aromatic carbocycles. The highest BCUT2D eigenvalue weighted by Gasteiger charge is 2.41. The summed E-state index contributed by atoms with van der Waals surface area (Å²) in [6.07, 6.45) is -2.75. The molecule has 1 atom stereocenters. The summed E-state index contributed by atoms with van der Waals surface area (Å²) in [5, 5.41) is 20.6. The average Bonchev–Trinajstić information content (AvgIpc) is 3.32. The number of alkyl halides is 3. The summed E-state index contributed by atoms with van der Waals surface area (Å²) in [6.45, 7) is 3.51. The number of halogens is 4. The molecule has 13 heteroatoms. The molecule has 0 spiro atoms. The van der Waals surface area contributed by atoms with Crippen LogP contribution in [0.15, 0.2) is 6.07 Å². The van der Waals surface area contributed by atoms with Crippen molar-refractivity contribution in [3.8, 4) is 0 Å². The zero-order valence-corrected chi connectivity index (χ0v) is 17.0. The minimum absolute atomic E-state index is 0.0192. The Bertz CT molecular complexity index is 967. The number of nitrogens with zero attached hydrogens (tertiary/aromatic N) is 5. The molecule has 30 heavy (non-hydrogen) atoms. The van der Waals surface area contributed by atoms with Crippen LogP contribution in [0.4, 0.5) is 19.0 Å². The third-order valence-corrected chi connectivity index (χ3v) is 5.23. The fraction of sp³-hybridized carbons (Fsp3) is 0.588. The molecular formula is C17H20ClF3N6O3. The second-order valence-corrected chi connectivity index (χ2v) is 7.59. The minimum Gasteiger partial charge on any atom is -0.358 e. The van der Waals surface area contributed by atoms with Gasteiger partial charge in [-0.1, -0.05) is 11.6 Å². The molecule has 0 aliphatic heterocycles. The molecule has 1 N–H and O–H groups in total. The molecular weight excluding hydrogens is 429 g/mol. The van der Waals surface area contributed by atoms with Gasteiger partial charge in [-0.05, 0) is 38.0 Å². The van der Waals surface area contributed by atoms with Gasteiger partial charge in [-0.25, -0.2) is 0 Å². The summed E-state index contributed by atoms with van der Waals surface area (Å²) in [6, 6.07) is 0.486. The molecule has 1 fully saturated rings. The lowest BCUT2D eigenvalue weighted by Crippen LogP contribution is -2.33. The van der Waals surface area contributed by atoms with Crippen LogP contribution in [0.2, 0.25) is 5.02 Å². The monoisotopic (exact) mass is 448 g/mol. The first kappa shape index (κ1) is 22.1. The SMILES string of the molecule is Cc1cc([N+](=O)[O-])nn1C(C)C(=O)NCCCn1nc(C(F)(F)F)c(Cl)c1C1CC1. The predicted octanol–water partition coefficient (Wildman–Crippen LogP) is 3.61. The lowest BCUT2D eigenvalue weighted by Gasteiger charge is -2.12. The molecule has 1 aliphatic carbocycles. The van der Waals surface area contributed by atoms with Crippen molar-refractivity contribution in [1.29, 1.82) is 0 Å². The smallest absolute Gasteiger partial charge is 0.358 e. The first-order valence-electron chi connectivity index (χ1n) is 9.32. The van der Waals surface area contributed by atoms with Crippen molar-refractivity contribution < 1.29 is 22.9 Å². The zero-order valence-electron chi connectivity index (χ0n) is 16.2. The lowest BCUT2D eigenvalue weighted by atomic mass is 10.2. The number of carbonyl (C=O) groups excluding carboxylic acids is 1. The van der Waals surface area contributed by atoms with Crippen molar-refractivity contribution in [2.75, 3.05) is 6.54 Å². The number of carbonyl (C=O) groups is 1. The highest BCUT2D eigenvalue weighted by molar-refractivity contribution is 6.32. The van der Waals surface area contributed by atoms with Crippen LogP contribution in [0.3, 0.4) is 0 Å². The Morgan fingerprint density at radius 2 is 2.10 bits per heavy atom. The van der Waals surface area contributed by atoms with Gasteiger partial charge >= 0.3 is 12.0 Å². The summed E-state index contributed by atoms with van der Waals surface area (Å²) in [4.78, 5) is 22.5. The fourth-order valence-electron chi connectivity index (χ4n) is 3.20. The van der Waals surface area contributed by atoms with Crippen LogP contribution in [0.25, 0.3) is 0 Å². The summed E-state index contributed by atoms with van der Waals surface area (Å²) in [5.74, 6) is -0.780. The lowest BCUT2D eigenvalue weighted by molar-refractivity contribution is -0.389.